The van der Waals surface area contributed by atoms with Crippen LogP contribution in [0.1, 0.15) is 41.0 Å². The Bertz CT molecular complexity index is 1080. The Balaban J connectivity index is 1.45. The van der Waals surface area contributed by atoms with Crippen molar-refractivity contribution in [3.8, 4) is 0 Å². The number of fused-ring (bicyclic) bond motifs is 1. The summed E-state index contributed by atoms with van der Waals surface area (Å²) in [7, 11) is 0. The van der Waals surface area contributed by atoms with Gasteiger partial charge in [0.15, 0.2) is 5.82 Å². The lowest BCUT2D eigenvalue weighted by molar-refractivity contribution is -0.121. The molecule has 7 nitrogen and oxygen atoms in total. The number of amides is 2. The largest absolute Gasteiger partial charge is 0.338 e. The number of aromatic amines is 1. The van der Waals surface area contributed by atoms with Crippen LogP contribution in [0.3, 0.4) is 0 Å². The molecule has 1 aromatic carbocycles. The molecule has 9 heteroatoms. The Hall–Kier alpha value is -3.36. The predicted octanol–water partition coefficient (Wildman–Crippen LogP) is 3.69. The molecule has 0 spiro atoms. The Morgan fingerprint density at radius 2 is 2.10 bits per heavy atom. The quantitative estimate of drug-likeness (QED) is 0.682. The molecule has 1 saturated heterocycles. The zero-order valence-electron chi connectivity index (χ0n) is 16.4. The van der Waals surface area contributed by atoms with Crippen molar-refractivity contribution < 1.29 is 18.4 Å². The summed E-state index contributed by atoms with van der Waals surface area (Å²) in [6.45, 7) is 2.74. The summed E-state index contributed by atoms with van der Waals surface area (Å²) >= 11 is 0. The summed E-state index contributed by atoms with van der Waals surface area (Å²) in [5, 5.41) is 2.80. The lowest BCUT2D eigenvalue weighted by Crippen LogP contribution is -2.43. The molecule has 156 valence electrons. The van der Waals surface area contributed by atoms with E-state index in [0.29, 0.717) is 48.3 Å². The highest BCUT2D eigenvalue weighted by atomic mass is 19.3. The number of halogens is 2. The van der Waals surface area contributed by atoms with E-state index >= 15 is 0 Å². The lowest BCUT2D eigenvalue weighted by atomic mass is 9.96. The Kier molecular flexibility index (Phi) is 5.43. The van der Waals surface area contributed by atoms with Gasteiger partial charge in [0.2, 0.25) is 5.91 Å². The fourth-order valence-electron chi connectivity index (χ4n) is 3.59. The molecule has 1 aliphatic rings. The van der Waals surface area contributed by atoms with Gasteiger partial charge in [0.25, 0.3) is 12.3 Å². The van der Waals surface area contributed by atoms with Gasteiger partial charge in [0.05, 0.1) is 17.0 Å². The predicted molar refractivity (Wildman–Crippen MR) is 107 cm³/mol. The van der Waals surface area contributed by atoms with Crippen molar-refractivity contribution in [2.24, 2.45) is 5.92 Å². The highest BCUT2D eigenvalue weighted by molar-refractivity contribution is 5.98. The first-order valence-corrected chi connectivity index (χ1v) is 9.71. The fourth-order valence-corrected chi connectivity index (χ4v) is 3.59. The molecule has 1 unspecified atom stereocenters. The smallest absolute Gasteiger partial charge is 0.295 e. The normalized spacial score (nSPS) is 16.8. The molecule has 1 aliphatic heterocycles. The molecule has 3 aromatic rings. The number of aromatic nitrogens is 3. The topological polar surface area (TPSA) is 91.0 Å². The number of piperidine rings is 1. The van der Waals surface area contributed by atoms with E-state index in [1.165, 1.54) is 6.07 Å². The van der Waals surface area contributed by atoms with E-state index in [1.807, 2.05) is 13.0 Å². The summed E-state index contributed by atoms with van der Waals surface area (Å²) in [5.74, 6) is -0.694. The first kappa shape index (κ1) is 19.9. The number of nitrogens with zero attached hydrogens (tertiary/aromatic N) is 3. The second-order valence-corrected chi connectivity index (χ2v) is 7.46. The van der Waals surface area contributed by atoms with Crippen molar-refractivity contribution in [1.82, 2.24) is 19.9 Å². The van der Waals surface area contributed by atoms with Crippen LogP contribution in [0, 0.1) is 12.8 Å². The standard InChI is InChI=1S/C21H21F2N5O2/c1-12-4-7-17(24-10-12)27-20(29)14-3-2-8-28(11-14)21(30)13-5-6-15-16(9-13)26-19(25-15)18(22)23/h4-7,9-10,14,18H,2-3,8,11H2,1H3,(H,25,26)(H,24,27,29). The molecule has 0 bridgehead atoms. The van der Waals surface area contributed by atoms with Gasteiger partial charge in [0.1, 0.15) is 5.82 Å². The number of aryl methyl sites for hydroxylation is 1. The summed E-state index contributed by atoms with van der Waals surface area (Å²) in [4.78, 5) is 37.7. The SMILES string of the molecule is Cc1ccc(NC(=O)C2CCCN(C(=O)c3ccc4nc(C(F)F)[nH]c4c3)C2)nc1. The van der Waals surface area contributed by atoms with Crippen LogP contribution in [0.4, 0.5) is 14.6 Å². The van der Waals surface area contributed by atoms with E-state index in [2.05, 4.69) is 20.3 Å². The van der Waals surface area contributed by atoms with Gasteiger partial charge in [-0.05, 0) is 49.6 Å². The summed E-state index contributed by atoms with van der Waals surface area (Å²) < 4.78 is 25.7. The number of hydrogen-bond donors (Lipinski definition) is 2. The third-order valence-corrected chi connectivity index (χ3v) is 5.20. The molecule has 1 atom stereocenters. The minimum atomic E-state index is -2.71. The molecule has 3 heterocycles. The van der Waals surface area contributed by atoms with E-state index < -0.39 is 12.2 Å². The summed E-state index contributed by atoms with van der Waals surface area (Å²) in [5.41, 5.74) is 2.13. The number of imidazole rings is 1. The molecular formula is C21H21F2N5O2. The number of rotatable bonds is 4. The highest BCUT2D eigenvalue weighted by Gasteiger charge is 2.29. The molecule has 0 radical (unpaired) electrons. The van der Waals surface area contributed by atoms with Crippen LogP contribution in [-0.2, 0) is 4.79 Å². The number of carbonyl (C=O) groups excluding carboxylic acids is 2. The monoisotopic (exact) mass is 413 g/mol. The van der Waals surface area contributed by atoms with Crippen LogP contribution in [0.15, 0.2) is 36.5 Å². The maximum atomic E-state index is 12.9. The molecule has 2 aromatic heterocycles. The molecule has 0 aliphatic carbocycles. The third-order valence-electron chi connectivity index (χ3n) is 5.20. The first-order chi connectivity index (χ1) is 14.4. The Labute approximate surface area is 171 Å². The molecular weight excluding hydrogens is 392 g/mol. The van der Waals surface area contributed by atoms with Gasteiger partial charge < -0.3 is 15.2 Å². The van der Waals surface area contributed by atoms with Gasteiger partial charge >= 0.3 is 0 Å². The van der Waals surface area contributed by atoms with Gasteiger partial charge in [-0.1, -0.05) is 6.07 Å². The second kappa shape index (κ2) is 8.17. The van der Waals surface area contributed by atoms with Gasteiger partial charge in [-0.25, -0.2) is 18.7 Å². The van der Waals surface area contributed by atoms with Crippen LogP contribution < -0.4 is 5.32 Å². The number of alkyl halides is 2. The molecule has 4 rings (SSSR count). The maximum Gasteiger partial charge on any atom is 0.295 e. The number of carbonyl (C=O) groups is 2. The third kappa shape index (κ3) is 4.14. The number of anilines is 1. The fraction of sp³-hybridized carbons (Fsp3) is 0.333. The van der Waals surface area contributed by atoms with Crippen molar-refractivity contribution in [1.29, 1.82) is 0 Å². The van der Waals surface area contributed by atoms with Crippen molar-refractivity contribution >= 4 is 28.7 Å². The maximum absolute atomic E-state index is 12.9. The second-order valence-electron chi connectivity index (χ2n) is 7.46. The lowest BCUT2D eigenvalue weighted by Gasteiger charge is -2.32. The minimum Gasteiger partial charge on any atom is -0.338 e. The van der Waals surface area contributed by atoms with Crippen molar-refractivity contribution in [2.45, 2.75) is 26.2 Å². The molecule has 30 heavy (non-hydrogen) atoms. The van der Waals surface area contributed by atoms with Crippen LogP contribution in [0.25, 0.3) is 11.0 Å². The van der Waals surface area contributed by atoms with E-state index in [0.717, 1.165) is 5.56 Å². The number of likely N-dealkylation sites (tertiary alicyclic amines) is 1. The first-order valence-electron chi connectivity index (χ1n) is 9.71. The van der Waals surface area contributed by atoms with E-state index in [9.17, 15) is 18.4 Å². The van der Waals surface area contributed by atoms with Crippen LogP contribution >= 0.6 is 0 Å². The van der Waals surface area contributed by atoms with Crippen molar-refractivity contribution in [3.05, 3.63) is 53.5 Å². The number of nitrogens with one attached hydrogen (secondary N) is 2. The number of pyridine rings is 1. The molecule has 2 amide bonds. The van der Waals surface area contributed by atoms with Gasteiger partial charge in [-0.2, -0.15) is 0 Å². The van der Waals surface area contributed by atoms with E-state index in [-0.39, 0.29) is 17.7 Å². The number of H-pyrrole nitrogens is 1. The Morgan fingerprint density at radius 3 is 2.83 bits per heavy atom. The van der Waals surface area contributed by atoms with Gasteiger partial charge in [-0.3, -0.25) is 9.59 Å². The molecule has 1 fully saturated rings. The van der Waals surface area contributed by atoms with Gasteiger partial charge in [0, 0.05) is 24.8 Å². The minimum absolute atomic E-state index is 0.172. The molecule has 0 saturated carbocycles. The number of benzene rings is 1. The zero-order chi connectivity index (χ0) is 21.3. The average Bonchev–Trinajstić information content (AvgIpc) is 3.19. The van der Waals surface area contributed by atoms with Crippen molar-refractivity contribution in [3.63, 3.8) is 0 Å². The van der Waals surface area contributed by atoms with Crippen molar-refractivity contribution in [2.75, 3.05) is 18.4 Å². The highest BCUT2D eigenvalue weighted by Crippen LogP contribution is 2.23. The van der Waals surface area contributed by atoms with E-state index in [4.69, 9.17) is 0 Å². The van der Waals surface area contributed by atoms with Crippen LogP contribution in [0.2, 0.25) is 0 Å². The average molecular weight is 413 g/mol. The van der Waals surface area contributed by atoms with Gasteiger partial charge in [-0.15, -0.1) is 0 Å². The van der Waals surface area contributed by atoms with E-state index in [1.54, 1.807) is 29.3 Å². The van der Waals surface area contributed by atoms with Crippen LogP contribution in [0.5, 0.6) is 0 Å². The Morgan fingerprint density at radius 1 is 1.27 bits per heavy atom. The number of hydrogen-bond acceptors (Lipinski definition) is 4. The zero-order valence-corrected chi connectivity index (χ0v) is 16.4. The summed E-state index contributed by atoms with van der Waals surface area (Å²) in [6, 6.07) is 8.25. The van der Waals surface area contributed by atoms with Crippen LogP contribution in [-0.4, -0.2) is 44.8 Å². The molecule has 2 N–H and O–H groups in total. The summed E-state index contributed by atoms with van der Waals surface area (Å²) in [6.07, 6.45) is 0.351.